The summed E-state index contributed by atoms with van der Waals surface area (Å²) >= 11 is 0. The van der Waals surface area contributed by atoms with Gasteiger partial charge < -0.3 is 5.32 Å². The van der Waals surface area contributed by atoms with Crippen LogP contribution in [0.2, 0.25) is 0 Å². The monoisotopic (exact) mass is 201 g/mol. The average Bonchev–Trinajstić information content (AvgIpc) is 2.69. The zero-order chi connectivity index (χ0) is 10.7. The molecule has 1 unspecified atom stereocenters. The molecule has 1 N–H and O–H groups in total. The van der Waals surface area contributed by atoms with E-state index in [2.05, 4.69) is 37.0 Å². The molecule has 1 aromatic carbocycles. The first-order chi connectivity index (χ1) is 7.36. The molecule has 1 aromatic rings. The Labute approximate surface area is 92.2 Å². The molecule has 1 atom stereocenters. The quantitative estimate of drug-likeness (QED) is 0.788. The molecule has 0 amide bonds. The van der Waals surface area contributed by atoms with Gasteiger partial charge >= 0.3 is 0 Å². The van der Waals surface area contributed by atoms with Crippen LogP contribution >= 0.6 is 0 Å². The van der Waals surface area contributed by atoms with E-state index in [4.69, 9.17) is 0 Å². The minimum Gasteiger partial charge on any atom is -0.310 e. The van der Waals surface area contributed by atoms with Gasteiger partial charge in [0, 0.05) is 6.04 Å². The molecule has 0 aromatic heterocycles. The van der Waals surface area contributed by atoms with Crippen LogP contribution in [0.3, 0.4) is 0 Å². The van der Waals surface area contributed by atoms with Crippen molar-refractivity contribution in [1.82, 2.24) is 5.32 Å². The number of fused-ring (bicyclic) bond motifs is 1. The third-order valence-corrected chi connectivity index (χ3v) is 3.17. The van der Waals surface area contributed by atoms with E-state index in [0.29, 0.717) is 6.04 Å². The first-order valence-electron chi connectivity index (χ1n) is 5.84. The Balaban J connectivity index is 2.23. The summed E-state index contributed by atoms with van der Waals surface area (Å²) in [6.07, 6.45) is 5.60. The van der Waals surface area contributed by atoms with Crippen LogP contribution in [0, 0.1) is 0 Å². The lowest BCUT2D eigenvalue weighted by atomic mass is 10.0. The molecule has 15 heavy (non-hydrogen) atoms. The summed E-state index contributed by atoms with van der Waals surface area (Å²) in [5.41, 5.74) is 4.30. The molecule has 1 aliphatic rings. The van der Waals surface area contributed by atoms with Crippen LogP contribution in [-0.4, -0.2) is 6.54 Å². The van der Waals surface area contributed by atoms with Crippen molar-refractivity contribution in [3.63, 3.8) is 0 Å². The van der Waals surface area contributed by atoms with Crippen molar-refractivity contribution in [2.45, 2.75) is 32.2 Å². The zero-order valence-electron chi connectivity index (χ0n) is 9.42. The van der Waals surface area contributed by atoms with Crippen molar-refractivity contribution < 1.29 is 0 Å². The molecule has 80 valence electrons. The first-order valence-corrected chi connectivity index (χ1v) is 5.84. The van der Waals surface area contributed by atoms with E-state index in [-0.39, 0.29) is 0 Å². The van der Waals surface area contributed by atoms with Crippen molar-refractivity contribution in [3.8, 4) is 0 Å². The van der Waals surface area contributed by atoms with Gasteiger partial charge in [0.2, 0.25) is 0 Å². The summed E-state index contributed by atoms with van der Waals surface area (Å²) in [6, 6.07) is 7.12. The van der Waals surface area contributed by atoms with Crippen molar-refractivity contribution in [3.05, 3.63) is 41.5 Å². The topological polar surface area (TPSA) is 12.0 Å². The summed E-state index contributed by atoms with van der Waals surface area (Å²) in [4.78, 5) is 0. The molecular weight excluding hydrogens is 182 g/mol. The van der Waals surface area contributed by atoms with E-state index in [0.717, 1.165) is 6.54 Å². The minimum atomic E-state index is 0.569. The van der Waals surface area contributed by atoms with E-state index < -0.39 is 0 Å². The minimum absolute atomic E-state index is 0.569. The molecule has 1 nitrogen and oxygen atoms in total. The molecule has 2 rings (SSSR count). The maximum atomic E-state index is 3.88. The third-order valence-electron chi connectivity index (χ3n) is 3.17. The van der Waals surface area contributed by atoms with Gasteiger partial charge in [-0.1, -0.05) is 37.8 Å². The highest BCUT2D eigenvalue weighted by molar-refractivity contribution is 5.56. The number of rotatable bonds is 4. The molecule has 0 radical (unpaired) electrons. The van der Waals surface area contributed by atoms with Gasteiger partial charge in [-0.15, -0.1) is 0 Å². The van der Waals surface area contributed by atoms with Gasteiger partial charge in [0.1, 0.15) is 0 Å². The Kier molecular flexibility index (Phi) is 3.22. The molecule has 0 saturated carbocycles. The normalized spacial score (nSPS) is 18.9. The van der Waals surface area contributed by atoms with Gasteiger partial charge in [-0.25, -0.2) is 0 Å². The van der Waals surface area contributed by atoms with Gasteiger partial charge in [-0.2, -0.15) is 0 Å². The average molecular weight is 201 g/mol. The van der Waals surface area contributed by atoms with E-state index in [1.807, 2.05) is 6.08 Å². The molecule has 0 aliphatic heterocycles. The molecule has 1 heteroatoms. The highest BCUT2D eigenvalue weighted by Gasteiger charge is 2.22. The maximum absolute atomic E-state index is 3.88. The van der Waals surface area contributed by atoms with E-state index >= 15 is 0 Å². The second kappa shape index (κ2) is 4.63. The van der Waals surface area contributed by atoms with Gasteiger partial charge in [-0.05, 0) is 42.5 Å². The van der Waals surface area contributed by atoms with Crippen molar-refractivity contribution in [1.29, 1.82) is 0 Å². The van der Waals surface area contributed by atoms with E-state index in [1.54, 1.807) is 0 Å². The van der Waals surface area contributed by atoms with Crippen LogP contribution in [0.5, 0.6) is 0 Å². The number of nitrogens with one attached hydrogen (secondary N) is 1. The van der Waals surface area contributed by atoms with Crippen LogP contribution in [-0.2, 0) is 6.42 Å². The Morgan fingerprint density at radius 3 is 3.13 bits per heavy atom. The highest BCUT2D eigenvalue weighted by Crippen LogP contribution is 2.33. The lowest BCUT2D eigenvalue weighted by Gasteiger charge is -2.13. The van der Waals surface area contributed by atoms with Crippen LogP contribution < -0.4 is 5.32 Å². The van der Waals surface area contributed by atoms with Crippen LogP contribution in [0.25, 0.3) is 6.08 Å². The summed E-state index contributed by atoms with van der Waals surface area (Å²) in [6.45, 7) is 7.20. The molecule has 0 saturated heterocycles. The lowest BCUT2D eigenvalue weighted by molar-refractivity contribution is 0.529. The predicted octanol–water partition coefficient (Wildman–Crippen LogP) is 3.32. The Morgan fingerprint density at radius 1 is 1.53 bits per heavy atom. The van der Waals surface area contributed by atoms with E-state index in [9.17, 15) is 0 Å². The van der Waals surface area contributed by atoms with Crippen molar-refractivity contribution in [2.24, 2.45) is 0 Å². The number of hydrogen-bond acceptors (Lipinski definition) is 1. The number of hydrogen-bond donors (Lipinski definition) is 1. The predicted molar refractivity (Wildman–Crippen MR) is 65.9 cm³/mol. The lowest BCUT2D eigenvalue weighted by Crippen LogP contribution is -2.19. The summed E-state index contributed by atoms with van der Waals surface area (Å²) in [5.74, 6) is 0. The van der Waals surface area contributed by atoms with Crippen LogP contribution in [0.4, 0.5) is 0 Å². The molecular formula is C14H19N. The summed E-state index contributed by atoms with van der Waals surface area (Å²) < 4.78 is 0. The highest BCUT2D eigenvalue weighted by atomic mass is 14.9. The summed E-state index contributed by atoms with van der Waals surface area (Å²) in [5, 5.41) is 3.60. The fraction of sp³-hybridized carbons (Fsp3) is 0.429. The van der Waals surface area contributed by atoms with Crippen LogP contribution in [0.1, 0.15) is 42.5 Å². The molecule has 0 bridgehead atoms. The molecule has 0 fully saturated rings. The fourth-order valence-corrected chi connectivity index (χ4v) is 2.40. The Hall–Kier alpha value is -1.08. The fourth-order valence-electron chi connectivity index (χ4n) is 2.40. The molecule has 0 spiro atoms. The second-order valence-electron chi connectivity index (χ2n) is 4.16. The second-order valence-corrected chi connectivity index (χ2v) is 4.16. The first kappa shape index (κ1) is 10.4. The Bertz CT molecular complexity index is 354. The molecule has 1 aliphatic carbocycles. The Morgan fingerprint density at radius 2 is 2.40 bits per heavy atom. The van der Waals surface area contributed by atoms with Gasteiger partial charge in [0.15, 0.2) is 0 Å². The SMILES string of the molecule is C=Cc1cccc2c1CCC2NCCC. The van der Waals surface area contributed by atoms with Gasteiger partial charge in [0.05, 0.1) is 0 Å². The largest absolute Gasteiger partial charge is 0.310 e. The smallest absolute Gasteiger partial charge is 0.0326 e. The van der Waals surface area contributed by atoms with Gasteiger partial charge in [0.25, 0.3) is 0 Å². The number of benzene rings is 1. The van der Waals surface area contributed by atoms with Gasteiger partial charge in [-0.3, -0.25) is 0 Å². The summed E-state index contributed by atoms with van der Waals surface area (Å²) in [7, 11) is 0. The third kappa shape index (κ3) is 1.98. The zero-order valence-corrected chi connectivity index (χ0v) is 9.42. The van der Waals surface area contributed by atoms with Crippen molar-refractivity contribution in [2.75, 3.05) is 6.54 Å². The molecule has 0 heterocycles. The standard InChI is InChI=1S/C14H19N/c1-3-10-15-14-9-8-12-11(4-2)6-5-7-13(12)14/h4-7,14-15H,2-3,8-10H2,1H3. The van der Waals surface area contributed by atoms with Crippen LogP contribution in [0.15, 0.2) is 24.8 Å². The van der Waals surface area contributed by atoms with Crippen molar-refractivity contribution >= 4 is 6.08 Å². The van der Waals surface area contributed by atoms with E-state index in [1.165, 1.54) is 36.0 Å². The maximum Gasteiger partial charge on any atom is 0.0326 e.